The van der Waals surface area contributed by atoms with Gasteiger partial charge in [-0.1, -0.05) is 19.1 Å². The first-order valence-electron chi connectivity index (χ1n) is 4.65. The van der Waals surface area contributed by atoms with Crippen LogP contribution in [0.15, 0.2) is 18.2 Å². The van der Waals surface area contributed by atoms with Crippen LogP contribution in [0.2, 0.25) is 0 Å². The van der Waals surface area contributed by atoms with Crippen molar-refractivity contribution in [2.75, 3.05) is 0 Å². The van der Waals surface area contributed by atoms with E-state index in [1.165, 1.54) is 6.07 Å². The number of carbonyl (C=O) groups is 1. The molecule has 0 atom stereocenters. The SMILES string of the molecule is CCC(=O)NCc1ccc(F)c(C)c1. The summed E-state index contributed by atoms with van der Waals surface area (Å²) >= 11 is 0. The van der Waals surface area contributed by atoms with E-state index in [0.717, 1.165) is 5.56 Å². The molecule has 1 N–H and O–H groups in total. The Morgan fingerprint density at radius 2 is 2.21 bits per heavy atom. The van der Waals surface area contributed by atoms with Crippen LogP contribution in [0.25, 0.3) is 0 Å². The zero-order chi connectivity index (χ0) is 10.6. The van der Waals surface area contributed by atoms with Crippen LogP contribution >= 0.6 is 0 Å². The minimum Gasteiger partial charge on any atom is -0.352 e. The molecule has 1 rings (SSSR count). The van der Waals surface area contributed by atoms with E-state index in [4.69, 9.17) is 0 Å². The quantitative estimate of drug-likeness (QED) is 0.786. The summed E-state index contributed by atoms with van der Waals surface area (Å²) in [5.74, 6) is -0.206. The van der Waals surface area contributed by atoms with Gasteiger partial charge in [0.2, 0.25) is 5.91 Å². The molecule has 14 heavy (non-hydrogen) atoms. The third-order valence-electron chi connectivity index (χ3n) is 2.03. The maximum absolute atomic E-state index is 12.9. The van der Waals surface area contributed by atoms with Crippen molar-refractivity contribution in [1.82, 2.24) is 5.32 Å². The molecule has 3 heteroatoms. The van der Waals surface area contributed by atoms with Gasteiger partial charge in [-0.05, 0) is 24.1 Å². The van der Waals surface area contributed by atoms with Gasteiger partial charge in [-0.15, -0.1) is 0 Å². The minimum atomic E-state index is -0.212. The van der Waals surface area contributed by atoms with Gasteiger partial charge in [-0.25, -0.2) is 4.39 Å². The Kier molecular flexibility index (Phi) is 3.63. The van der Waals surface area contributed by atoms with Crippen LogP contribution in [0.1, 0.15) is 24.5 Å². The molecule has 0 fully saturated rings. The molecule has 0 aliphatic rings. The predicted molar refractivity (Wildman–Crippen MR) is 53.3 cm³/mol. The van der Waals surface area contributed by atoms with Crippen LogP contribution in [0.3, 0.4) is 0 Å². The second-order valence-corrected chi connectivity index (χ2v) is 3.21. The molecule has 0 radical (unpaired) electrons. The summed E-state index contributed by atoms with van der Waals surface area (Å²) < 4.78 is 12.9. The molecule has 2 nitrogen and oxygen atoms in total. The molecule has 0 saturated heterocycles. The van der Waals surface area contributed by atoms with Crippen LogP contribution in [0.4, 0.5) is 4.39 Å². The lowest BCUT2D eigenvalue weighted by Gasteiger charge is -2.04. The van der Waals surface area contributed by atoms with E-state index in [1.807, 2.05) is 0 Å². The fourth-order valence-corrected chi connectivity index (χ4v) is 1.14. The summed E-state index contributed by atoms with van der Waals surface area (Å²) in [7, 11) is 0. The lowest BCUT2D eigenvalue weighted by Crippen LogP contribution is -2.21. The molecule has 0 aliphatic heterocycles. The number of hydrogen-bond acceptors (Lipinski definition) is 1. The van der Waals surface area contributed by atoms with Crippen LogP contribution < -0.4 is 5.32 Å². The standard InChI is InChI=1S/C11H14FNO/c1-3-11(14)13-7-9-4-5-10(12)8(2)6-9/h4-6H,3,7H2,1-2H3,(H,13,14). The van der Waals surface area contributed by atoms with Crippen molar-refractivity contribution in [1.29, 1.82) is 0 Å². The molecule has 0 aromatic heterocycles. The van der Waals surface area contributed by atoms with Crippen molar-refractivity contribution >= 4 is 5.91 Å². The first kappa shape index (κ1) is 10.7. The monoisotopic (exact) mass is 195 g/mol. The number of nitrogens with one attached hydrogen (secondary N) is 1. The summed E-state index contributed by atoms with van der Waals surface area (Å²) in [5, 5.41) is 2.73. The van der Waals surface area contributed by atoms with E-state index in [9.17, 15) is 9.18 Å². The van der Waals surface area contributed by atoms with Gasteiger partial charge in [-0.2, -0.15) is 0 Å². The van der Waals surface area contributed by atoms with Crippen LogP contribution in [0, 0.1) is 12.7 Å². The molecule has 0 spiro atoms. The van der Waals surface area contributed by atoms with Crippen LogP contribution in [0.5, 0.6) is 0 Å². The molecular formula is C11H14FNO. The van der Waals surface area contributed by atoms with Gasteiger partial charge >= 0.3 is 0 Å². The van der Waals surface area contributed by atoms with Gasteiger partial charge in [-0.3, -0.25) is 4.79 Å². The Morgan fingerprint density at radius 3 is 2.79 bits per heavy atom. The number of aryl methyl sites for hydroxylation is 1. The molecule has 0 heterocycles. The van der Waals surface area contributed by atoms with Crippen LogP contribution in [-0.4, -0.2) is 5.91 Å². The summed E-state index contributed by atoms with van der Waals surface area (Å²) in [6.45, 7) is 3.97. The fraction of sp³-hybridized carbons (Fsp3) is 0.364. The summed E-state index contributed by atoms with van der Waals surface area (Å²) in [6, 6.07) is 4.84. The topological polar surface area (TPSA) is 29.1 Å². The van der Waals surface area contributed by atoms with Gasteiger partial charge in [0.25, 0.3) is 0 Å². The molecule has 0 bridgehead atoms. The molecular weight excluding hydrogens is 181 g/mol. The van der Waals surface area contributed by atoms with E-state index in [0.29, 0.717) is 18.5 Å². The Labute approximate surface area is 83.1 Å². The van der Waals surface area contributed by atoms with Crippen molar-refractivity contribution in [3.8, 4) is 0 Å². The van der Waals surface area contributed by atoms with Crippen molar-refractivity contribution in [2.45, 2.75) is 26.8 Å². The number of hydrogen-bond donors (Lipinski definition) is 1. The average molecular weight is 195 g/mol. The summed E-state index contributed by atoms with van der Waals surface area (Å²) in [5.41, 5.74) is 1.53. The normalized spacial score (nSPS) is 9.93. The van der Waals surface area contributed by atoms with Gasteiger partial charge in [0.05, 0.1) is 0 Å². The molecule has 0 unspecified atom stereocenters. The zero-order valence-electron chi connectivity index (χ0n) is 8.43. The summed E-state index contributed by atoms with van der Waals surface area (Å²) in [6.07, 6.45) is 0.472. The van der Waals surface area contributed by atoms with Gasteiger partial charge in [0, 0.05) is 13.0 Å². The maximum atomic E-state index is 12.9. The van der Waals surface area contributed by atoms with Crippen molar-refractivity contribution in [3.63, 3.8) is 0 Å². The van der Waals surface area contributed by atoms with Gasteiger partial charge in [0.15, 0.2) is 0 Å². The highest BCUT2D eigenvalue weighted by Crippen LogP contribution is 2.08. The number of carbonyl (C=O) groups excluding carboxylic acids is 1. The Bertz CT molecular complexity index is 336. The smallest absolute Gasteiger partial charge is 0.219 e. The number of halogens is 1. The highest BCUT2D eigenvalue weighted by atomic mass is 19.1. The number of benzene rings is 1. The maximum Gasteiger partial charge on any atom is 0.219 e. The van der Waals surface area contributed by atoms with Crippen molar-refractivity contribution in [2.24, 2.45) is 0 Å². The van der Waals surface area contributed by atoms with Crippen molar-refractivity contribution < 1.29 is 9.18 Å². The molecule has 0 saturated carbocycles. The molecule has 1 aromatic carbocycles. The highest BCUT2D eigenvalue weighted by Gasteiger charge is 2.00. The Balaban J connectivity index is 2.60. The number of rotatable bonds is 3. The van der Waals surface area contributed by atoms with E-state index in [-0.39, 0.29) is 11.7 Å². The first-order valence-corrected chi connectivity index (χ1v) is 4.65. The predicted octanol–water partition coefficient (Wildman–Crippen LogP) is 2.16. The van der Waals surface area contributed by atoms with E-state index in [1.54, 1.807) is 26.0 Å². The molecule has 0 aliphatic carbocycles. The molecule has 1 amide bonds. The van der Waals surface area contributed by atoms with E-state index in [2.05, 4.69) is 5.32 Å². The minimum absolute atomic E-state index is 0.00646. The zero-order valence-corrected chi connectivity index (χ0v) is 8.43. The van der Waals surface area contributed by atoms with E-state index < -0.39 is 0 Å². The van der Waals surface area contributed by atoms with Crippen LogP contribution in [-0.2, 0) is 11.3 Å². The van der Waals surface area contributed by atoms with Gasteiger partial charge < -0.3 is 5.32 Å². The summed E-state index contributed by atoms with van der Waals surface area (Å²) in [4.78, 5) is 11.0. The van der Waals surface area contributed by atoms with E-state index >= 15 is 0 Å². The van der Waals surface area contributed by atoms with Crippen molar-refractivity contribution in [3.05, 3.63) is 35.1 Å². The fourth-order valence-electron chi connectivity index (χ4n) is 1.14. The molecule has 1 aromatic rings. The third kappa shape index (κ3) is 2.83. The third-order valence-corrected chi connectivity index (χ3v) is 2.03. The lowest BCUT2D eigenvalue weighted by atomic mass is 10.1. The first-order chi connectivity index (χ1) is 6.63. The second kappa shape index (κ2) is 4.74. The Hall–Kier alpha value is -1.38. The average Bonchev–Trinajstić information content (AvgIpc) is 2.19. The number of amides is 1. The second-order valence-electron chi connectivity index (χ2n) is 3.21. The molecule has 76 valence electrons. The highest BCUT2D eigenvalue weighted by molar-refractivity contribution is 5.75. The largest absolute Gasteiger partial charge is 0.352 e. The van der Waals surface area contributed by atoms with Gasteiger partial charge in [0.1, 0.15) is 5.82 Å². The Morgan fingerprint density at radius 1 is 1.50 bits per heavy atom. The lowest BCUT2D eigenvalue weighted by molar-refractivity contribution is -0.120.